The first-order valence-corrected chi connectivity index (χ1v) is 17.7. The number of aromatic nitrogens is 3. The number of nitriles is 1. The van der Waals surface area contributed by atoms with E-state index in [9.17, 15) is 5.26 Å². The van der Waals surface area contributed by atoms with Crippen LogP contribution in [0.25, 0.3) is 89.1 Å². The van der Waals surface area contributed by atoms with E-state index in [-0.39, 0.29) is 5.41 Å². The highest BCUT2D eigenvalue weighted by molar-refractivity contribution is 6.12. The normalized spacial score (nSPS) is 11.7. The molecule has 5 nitrogen and oxygen atoms in total. The Morgan fingerprint density at radius 2 is 1.02 bits per heavy atom. The highest BCUT2D eigenvalue weighted by Gasteiger charge is 2.20. The number of furan rings is 1. The summed E-state index contributed by atoms with van der Waals surface area (Å²) in [6, 6.07) is 53.9. The fourth-order valence-corrected chi connectivity index (χ4v) is 7.22. The number of nitrogens with zero attached hydrogens (tertiary/aromatic N) is 4. The van der Waals surface area contributed by atoms with Crippen LogP contribution in [0.4, 0.5) is 0 Å². The molecule has 0 bridgehead atoms. The summed E-state index contributed by atoms with van der Waals surface area (Å²) in [4.78, 5) is 15.5. The van der Waals surface area contributed by atoms with Crippen LogP contribution >= 0.6 is 0 Å². The smallest absolute Gasteiger partial charge is 0.164 e. The standard InChI is InChI=1S/C48H34N4O/c1-48(2,3)35-17-10-16-34(28-35)46-50-45(51-47(52-46)41-21-11-23-43-44(41)40-20-6-7-22-42(40)53-43)33-15-9-14-32(27-33)37-25-24-36(38-18-4-5-19-39(37)38)31-13-8-12-30(26-31)29-49/h4-28H,1-3H3. The van der Waals surface area contributed by atoms with Gasteiger partial charge in [0.1, 0.15) is 11.2 Å². The second-order valence-corrected chi connectivity index (χ2v) is 14.4. The van der Waals surface area contributed by atoms with E-state index in [0.29, 0.717) is 23.0 Å². The molecule has 7 aromatic carbocycles. The minimum absolute atomic E-state index is 0.0405. The zero-order valence-electron chi connectivity index (χ0n) is 29.6. The van der Waals surface area contributed by atoms with Crippen LogP contribution in [0.5, 0.6) is 0 Å². The number of rotatable bonds is 5. The van der Waals surface area contributed by atoms with Crippen molar-refractivity contribution >= 4 is 32.7 Å². The van der Waals surface area contributed by atoms with Crippen LogP contribution in [0.15, 0.2) is 156 Å². The molecule has 2 heterocycles. The van der Waals surface area contributed by atoms with Gasteiger partial charge in [-0.15, -0.1) is 0 Å². The molecule has 0 fully saturated rings. The van der Waals surface area contributed by atoms with Crippen molar-refractivity contribution in [2.24, 2.45) is 0 Å². The third kappa shape index (κ3) is 5.81. The molecule has 0 atom stereocenters. The molecule has 2 aromatic heterocycles. The van der Waals surface area contributed by atoms with E-state index in [0.717, 1.165) is 71.7 Å². The van der Waals surface area contributed by atoms with E-state index >= 15 is 0 Å². The molecule has 252 valence electrons. The molecule has 0 aliphatic rings. The topological polar surface area (TPSA) is 75.6 Å². The Labute approximate surface area is 307 Å². The van der Waals surface area contributed by atoms with E-state index in [2.05, 4.69) is 130 Å². The first kappa shape index (κ1) is 32.0. The van der Waals surface area contributed by atoms with E-state index in [1.807, 2.05) is 48.5 Å². The van der Waals surface area contributed by atoms with Crippen LogP contribution in [-0.4, -0.2) is 15.0 Å². The summed E-state index contributed by atoms with van der Waals surface area (Å²) in [5, 5.41) is 13.8. The molecule has 0 aliphatic heterocycles. The summed E-state index contributed by atoms with van der Waals surface area (Å²) in [6.07, 6.45) is 0. The van der Waals surface area contributed by atoms with Crippen molar-refractivity contribution in [1.29, 1.82) is 5.26 Å². The van der Waals surface area contributed by atoms with Gasteiger partial charge in [0.2, 0.25) is 0 Å². The first-order chi connectivity index (χ1) is 25.8. The fraction of sp³-hybridized carbons (Fsp3) is 0.0833. The van der Waals surface area contributed by atoms with Gasteiger partial charge in [-0.2, -0.15) is 5.26 Å². The number of fused-ring (bicyclic) bond motifs is 4. The Hall–Kier alpha value is -6.90. The first-order valence-electron chi connectivity index (χ1n) is 17.7. The molecule has 0 N–H and O–H groups in total. The summed E-state index contributed by atoms with van der Waals surface area (Å²) < 4.78 is 6.26. The summed E-state index contributed by atoms with van der Waals surface area (Å²) in [7, 11) is 0. The number of para-hydroxylation sites is 1. The van der Waals surface area contributed by atoms with Crippen LogP contribution < -0.4 is 0 Å². The van der Waals surface area contributed by atoms with E-state index in [1.54, 1.807) is 0 Å². The Kier molecular flexibility index (Phi) is 7.68. The van der Waals surface area contributed by atoms with Crippen molar-refractivity contribution < 1.29 is 4.42 Å². The Balaban J connectivity index is 1.23. The molecule has 0 radical (unpaired) electrons. The molecule has 53 heavy (non-hydrogen) atoms. The van der Waals surface area contributed by atoms with Gasteiger partial charge in [-0.25, -0.2) is 15.0 Å². The molecule has 9 aromatic rings. The van der Waals surface area contributed by atoms with Crippen LogP contribution in [-0.2, 0) is 5.41 Å². The third-order valence-corrected chi connectivity index (χ3v) is 9.92. The number of hydrogen-bond acceptors (Lipinski definition) is 5. The summed E-state index contributed by atoms with van der Waals surface area (Å²) >= 11 is 0. The average molecular weight is 683 g/mol. The lowest BCUT2D eigenvalue weighted by atomic mass is 9.86. The van der Waals surface area contributed by atoms with Gasteiger partial charge >= 0.3 is 0 Å². The highest BCUT2D eigenvalue weighted by Crippen LogP contribution is 2.39. The summed E-state index contributed by atoms with van der Waals surface area (Å²) in [5.74, 6) is 1.79. The van der Waals surface area contributed by atoms with Gasteiger partial charge < -0.3 is 4.42 Å². The molecule has 0 aliphatic carbocycles. The minimum Gasteiger partial charge on any atom is -0.456 e. The van der Waals surface area contributed by atoms with Gasteiger partial charge in [-0.05, 0) is 80.4 Å². The van der Waals surface area contributed by atoms with Crippen molar-refractivity contribution in [3.8, 4) is 62.5 Å². The zero-order valence-corrected chi connectivity index (χ0v) is 29.6. The van der Waals surface area contributed by atoms with E-state index in [4.69, 9.17) is 19.4 Å². The monoisotopic (exact) mass is 682 g/mol. The van der Waals surface area contributed by atoms with Crippen molar-refractivity contribution in [2.75, 3.05) is 0 Å². The molecular weight excluding hydrogens is 649 g/mol. The average Bonchev–Trinajstić information content (AvgIpc) is 3.59. The molecule has 0 saturated heterocycles. The lowest BCUT2D eigenvalue weighted by Gasteiger charge is -2.19. The van der Waals surface area contributed by atoms with Crippen molar-refractivity contribution in [1.82, 2.24) is 15.0 Å². The largest absolute Gasteiger partial charge is 0.456 e. The predicted molar refractivity (Wildman–Crippen MR) is 215 cm³/mol. The Morgan fingerprint density at radius 1 is 0.472 bits per heavy atom. The van der Waals surface area contributed by atoms with Gasteiger partial charge in [0.25, 0.3) is 0 Å². The van der Waals surface area contributed by atoms with Crippen LogP contribution in [0.1, 0.15) is 31.9 Å². The number of benzene rings is 7. The van der Waals surface area contributed by atoms with E-state index in [1.165, 1.54) is 5.56 Å². The highest BCUT2D eigenvalue weighted by atomic mass is 16.3. The van der Waals surface area contributed by atoms with Gasteiger partial charge in [0.15, 0.2) is 17.5 Å². The molecule has 0 spiro atoms. The maximum absolute atomic E-state index is 9.55. The predicted octanol–water partition coefficient (Wildman–Crippen LogP) is 12.4. The van der Waals surface area contributed by atoms with Gasteiger partial charge in [-0.3, -0.25) is 0 Å². The second kappa shape index (κ2) is 12.7. The van der Waals surface area contributed by atoms with Crippen molar-refractivity contribution in [3.05, 3.63) is 163 Å². The van der Waals surface area contributed by atoms with Crippen molar-refractivity contribution in [2.45, 2.75) is 26.2 Å². The summed E-state index contributed by atoms with van der Waals surface area (Å²) in [6.45, 7) is 6.64. The minimum atomic E-state index is -0.0405. The number of hydrogen-bond donors (Lipinski definition) is 0. The van der Waals surface area contributed by atoms with Gasteiger partial charge in [0.05, 0.1) is 11.6 Å². The molecule has 0 unspecified atom stereocenters. The van der Waals surface area contributed by atoms with Crippen molar-refractivity contribution in [3.63, 3.8) is 0 Å². The Morgan fingerprint density at radius 3 is 1.72 bits per heavy atom. The van der Waals surface area contributed by atoms with Crippen LogP contribution in [0.2, 0.25) is 0 Å². The lowest BCUT2D eigenvalue weighted by molar-refractivity contribution is 0.590. The SMILES string of the molecule is CC(C)(C)c1cccc(-c2nc(-c3cccc(-c4ccc(-c5cccc(C#N)c5)c5ccccc45)c3)nc(-c3cccc4oc5ccccc5c34)n2)c1. The molecule has 5 heteroatoms. The molecule has 0 saturated carbocycles. The Bertz CT molecular complexity index is 2910. The lowest BCUT2D eigenvalue weighted by Crippen LogP contribution is -2.11. The fourth-order valence-electron chi connectivity index (χ4n) is 7.22. The molecule has 9 rings (SSSR count). The quantitative estimate of drug-likeness (QED) is 0.181. The molecular formula is C48H34N4O. The summed E-state index contributed by atoms with van der Waals surface area (Å²) in [5.41, 5.74) is 10.4. The molecule has 0 amide bonds. The maximum Gasteiger partial charge on any atom is 0.164 e. The third-order valence-electron chi connectivity index (χ3n) is 9.92. The second-order valence-electron chi connectivity index (χ2n) is 14.4. The maximum atomic E-state index is 9.55. The van der Waals surface area contributed by atoms with Gasteiger partial charge in [-0.1, -0.05) is 136 Å². The zero-order chi connectivity index (χ0) is 36.1. The van der Waals surface area contributed by atoms with Gasteiger partial charge in [0, 0.05) is 27.5 Å². The van der Waals surface area contributed by atoms with Crippen LogP contribution in [0, 0.1) is 11.3 Å². The van der Waals surface area contributed by atoms with E-state index < -0.39 is 0 Å². The van der Waals surface area contributed by atoms with Crippen LogP contribution in [0.3, 0.4) is 0 Å².